The summed E-state index contributed by atoms with van der Waals surface area (Å²) >= 11 is -0.713. The molecule has 1 aliphatic heterocycles. The van der Waals surface area contributed by atoms with Crippen LogP contribution >= 0.6 is 41.5 Å². The molecule has 0 bridgehead atoms. The predicted octanol–water partition coefficient (Wildman–Crippen LogP) is 15.5. The number of hydrogen-bond donors (Lipinski definition) is 0. The molecule has 0 amide bonds. The van der Waals surface area contributed by atoms with Crippen molar-refractivity contribution < 1.29 is 8.83 Å². The van der Waals surface area contributed by atoms with Crippen molar-refractivity contribution in [3.8, 4) is 33.7 Å². The number of fused-ring (bicyclic) bond motifs is 7. The first-order valence-electron chi connectivity index (χ1n) is 23.8. The molecule has 0 N–H and O–H groups in total. The van der Waals surface area contributed by atoms with Gasteiger partial charge in [-0.2, -0.15) is 0 Å². The van der Waals surface area contributed by atoms with Gasteiger partial charge in [0.1, 0.15) is 16.5 Å². The molecule has 70 heavy (non-hydrogen) atoms. The Morgan fingerprint density at radius 1 is 0.543 bits per heavy atom. The number of oxazole rings is 1. The zero-order valence-corrected chi connectivity index (χ0v) is 43.2. The molecule has 10 aromatic rings. The lowest BCUT2D eigenvalue weighted by Crippen LogP contribution is -2.41. The van der Waals surface area contributed by atoms with E-state index < -0.39 is 20.7 Å². The maximum atomic E-state index is 6.42. The van der Waals surface area contributed by atoms with Crippen molar-refractivity contribution in [2.45, 2.75) is 32.2 Å². The number of nitrogens with zero attached hydrogens (tertiary/aromatic N) is 3. The summed E-state index contributed by atoms with van der Waals surface area (Å²) in [6.07, 6.45) is 4.73. The molecule has 2 aromatic heterocycles. The second-order valence-corrected chi connectivity index (χ2v) is 23.5. The first-order chi connectivity index (χ1) is 34.3. The lowest BCUT2D eigenvalue weighted by molar-refractivity contribution is 0.555. The lowest BCUT2D eigenvalue weighted by atomic mass is 9.82. The second-order valence-electron chi connectivity index (χ2n) is 18.8. The molecule has 2 unspecified atom stereocenters. The zero-order valence-electron chi connectivity index (χ0n) is 38.9. The van der Waals surface area contributed by atoms with Crippen LogP contribution in [0.5, 0.6) is 0 Å². The fraction of sp³-hybridized carbons (Fsp3) is 0.0952. The molecule has 13 rings (SSSR count). The number of furan rings is 1. The summed E-state index contributed by atoms with van der Waals surface area (Å²) in [7, 11) is 0. The van der Waals surface area contributed by atoms with Gasteiger partial charge in [-0.3, -0.25) is 0 Å². The van der Waals surface area contributed by atoms with Crippen LogP contribution in [0, 0.1) is 5.92 Å². The smallest absolute Gasteiger partial charge is 0.227 e. The van der Waals surface area contributed by atoms with E-state index in [1.54, 1.807) is 0 Å². The number of rotatable bonds is 9. The third-order valence-electron chi connectivity index (χ3n) is 14.1. The number of hydrogen-bond acceptors (Lipinski definition) is 5. The third kappa shape index (κ3) is 7.52. The average Bonchev–Trinajstić information content (AvgIpc) is 4.07. The van der Waals surface area contributed by atoms with Crippen molar-refractivity contribution in [2.24, 2.45) is 5.92 Å². The molecule has 0 spiro atoms. The molecule has 7 heteroatoms. The van der Waals surface area contributed by atoms with Crippen LogP contribution in [0.1, 0.15) is 37.5 Å². The van der Waals surface area contributed by atoms with Crippen LogP contribution in [-0.2, 0) is 5.41 Å². The van der Waals surface area contributed by atoms with Crippen LogP contribution in [0.15, 0.2) is 211 Å². The Morgan fingerprint density at radius 3 is 1.86 bits per heavy atom. The van der Waals surface area contributed by atoms with Crippen molar-refractivity contribution >= 4 is 106 Å². The number of para-hydroxylation sites is 3. The largest absolute Gasteiger partial charge is 0.456 e. The monoisotopic (exact) mass is 1130 g/mol. The fourth-order valence-electron chi connectivity index (χ4n) is 10.5. The van der Waals surface area contributed by atoms with E-state index in [9.17, 15) is 0 Å². The Bertz CT molecular complexity index is 3850. The highest BCUT2D eigenvalue weighted by atomic mass is 127. The van der Waals surface area contributed by atoms with Gasteiger partial charge in [0.05, 0.1) is 9.75 Å². The van der Waals surface area contributed by atoms with Gasteiger partial charge in [0, 0.05) is 57.8 Å². The summed E-state index contributed by atoms with van der Waals surface area (Å²) in [5, 5.41) is 2.29. The second kappa shape index (κ2) is 17.5. The van der Waals surface area contributed by atoms with Gasteiger partial charge in [0.2, 0.25) is 5.89 Å². The molecule has 0 saturated heterocycles. The molecule has 2 aliphatic carbocycles. The maximum absolute atomic E-state index is 6.42. The van der Waals surface area contributed by atoms with E-state index in [4.69, 9.17) is 13.8 Å². The average molecular weight is 1130 g/mol. The summed E-state index contributed by atoms with van der Waals surface area (Å²) in [6.45, 7) is 7.12. The van der Waals surface area contributed by atoms with E-state index in [-0.39, 0.29) is 38.1 Å². The molecule has 0 saturated carbocycles. The first-order valence-corrected chi connectivity index (χ1v) is 28.4. The molecule has 2 atom stereocenters. The quantitative estimate of drug-likeness (QED) is 0.106. The van der Waals surface area contributed by atoms with Crippen molar-refractivity contribution in [1.82, 2.24) is 4.98 Å². The highest BCUT2D eigenvalue weighted by molar-refractivity contribution is 14.2. The molecular formula is C63H47I2N3O2. The first kappa shape index (κ1) is 43.1. The molecule has 3 heterocycles. The van der Waals surface area contributed by atoms with E-state index in [0.717, 1.165) is 49.6 Å². The van der Waals surface area contributed by atoms with E-state index in [0.29, 0.717) is 5.89 Å². The SMILES string of the molecule is CC1C=c2oc3ccccc3c2=CC1N(c1ccc(-c2nc3ccccc3o2)cc1)c1ccc2c(c1)C(C)(C)c1cc(N(C3=CI=C(c4ccccc4)C=I3)c3ccc(-c4ccccc4)cc3)ccc1-2. The van der Waals surface area contributed by atoms with Gasteiger partial charge in [0.15, 0.2) is 5.58 Å². The van der Waals surface area contributed by atoms with E-state index in [1.165, 1.54) is 57.5 Å². The lowest BCUT2D eigenvalue weighted by Gasteiger charge is -2.36. The van der Waals surface area contributed by atoms with Crippen LogP contribution in [0.2, 0.25) is 0 Å². The van der Waals surface area contributed by atoms with Crippen LogP contribution in [0.3, 0.4) is 0 Å². The van der Waals surface area contributed by atoms with Crippen LogP contribution in [0.25, 0.3) is 67.9 Å². The molecule has 3 aliphatic rings. The van der Waals surface area contributed by atoms with Gasteiger partial charge in [-0.1, -0.05) is 177 Å². The van der Waals surface area contributed by atoms with Crippen molar-refractivity contribution in [1.29, 1.82) is 0 Å². The Balaban J connectivity index is 0.902. The summed E-state index contributed by atoms with van der Waals surface area (Å²) < 4.78 is 20.8. The molecular weight excluding hydrogens is 1080 g/mol. The van der Waals surface area contributed by atoms with Crippen molar-refractivity contribution in [3.63, 3.8) is 0 Å². The number of halogens is 2. The molecule has 5 nitrogen and oxygen atoms in total. The Labute approximate surface area is 427 Å². The zero-order chi connectivity index (χ0) is 46.9. The standard InChI is InChI=1S/C63H47I2N3O2/c1-40-34-60-52(51-18-10-12-20-58(51)69-60)37-57(40)67(45-28-24-44(25-29-45)62-66-56-19-11-13-21-59(56)70-62)47-30-32-49-50-33-31-48(36-54(50)63(2,3)53(49)35-47)68(46-26-22-42(23-27-46)41-14-6-4-7-15-41)61-39-64-55(38-65-61)43-16-8-5-9-17-43/h4-40,57H,1-3H3. The molecule has 0 fully saturated rings. The van der Waals surface area contributed by atoms with Crippen LogP contribution in [0.4, 0.5) is 22.7 Å². The van der Waals surface area contributed by atoms with Crippen LogP contribution in [-0.4, -0.2) is 18.5 Å². The minimum atomic E-state index is -0.403. The topological polar surface area (TPSA) is 45.7 Å². The Morgan fingerprint density at radius 2 is 1.14 bits per heavy atom. The number of anilines is 4. The summed E-state index contributed by atoms with van der Waals surface area (Å²) in [6, 6.07) is 70.3. The number of benzene rings is 8. The van der Waals surface area contributed by atoms with Crippen molar-refractivity contribution in [2.75, 3.05) is 9.80 Å². The van der Waals surface area contributed by atoms with E-state index >= 15 is 0 Å². The van der Waals surface area contributed by atoms with Gasteiger partial charge in [-0.05, 0) is 134 Å². The van der Waals surface area contributed by atoms with Gasteiger partial charge in [-0.15, -0.1) is 0 Å². The van der Waals surface area contributed by atoms with Crippen molar-refractivity contribution in [3.05, 3.63) is 229 Å². The summed E-state index contributed by atoms with van der Waals surface area (Å²) in [4.78, 5) is 9.90. The predicted molar refractivity (Wildman–Crippen MR) is 310 cm³/mol. The van der Waals surface area contributed by atoms with E-state index in [2.05, 4.69) is 215 Å². The van der Waals surface area contributed by atoms with Gasteiger partial charge in [0.25, 0.3) is 0 Å². The number of aromatic nitrogens is 1. The summed E-state index contributed by atoms with van der Waals surface area (Å²) in [5.74, 6) is 0.770. The highest BCUT2D eigenvalue weighted by Gasteiger charge is 2.38. The van der Waals surface area contributed by atoms with Crippen LogP contribution < -0.4 is 20.4 Å². The molecule has 340 valence electrons. The minimum Gasteiger partial charge on any atom is -0.456 e. The molecule has 0 radical (unpaired) electrons. The third-order valence-corrected chi connectivity index (χ3v) is 21.4. The van der Waals surface area contributed by atoms with Gasteiger partial charge < -0.3 is 18.6 Å². The highest BCUT2D eigenvalue weighted by Crippen LogP contribution is 2.52. The molecule has 8 aromatic carbocycles. The normalized spacial score (nSPS) is 16.6. The Hall–Kier alpha value is -6.95. The maximum Gasteiger partial charge on any atom is 0.227 e. The Kier molecular flexibility index (Phi) is 10.8. The fourth-order valence-corrected chi connectivity index (χ4v) is 17.6. The summed E-state index contributed by atoms with van der Waals surface area (Å²) in [5.41, 5.74) is 17.9. The van der Waals surface area contributed by atoms with E-state index in [1.807, 2.05) is 30.3 Å². The minimum absolute atomic E-state index is 0.00778. The van der Waals surface area contributed by atoms with Gasteiger partial charge >= 0.3 is 0 Å². The van der Waals surface area contributed by atoms with Gasteiger partial charge in [-0.25, -0.2) is 4.98 Å².